The van der Waals surface area contributed by atoms with Crippen molar-refractivity contribution in [3.63, 3.8) is 0 Å². The topological polar surface area (TPSA) is 81.1 Å². The van der Waals surface area contributed by atoms with Crippen LogP contribution in [0.2, 0.25) is 10.0 Å². The van der Waals surface area contributed by atoms with E-state index in [1.807, 2.05) is 13.8 Å². The predicted molar refractivity (Wildman–Crippen MR) is 124 cm³/mol. The lowest BCUT2D eigenvalue weighted by atomic mass is 10.2. The number of amides is 2. The van der Waals surface area contributed by atoms with Crippen LogP contribution in [-0.2, 0) is 9.59 Å². The van der Waals surface area contributed by atoms with Crippen LogP contribution in [-0.4, -0.2) is 44.7 Å². The van der Waals surface area contributed by atoms with E-state index in [9.17, 15) is 9.59 Å². The van der Waals surface area contributed by atoms with E-state index in [0.29, 0.717) is 46.1 Å². The van der Waals surface area contributed by atoms with Gasteiger partial charge in [-0.05, 0) is 51.1 Å². The monoisotopic (exact) mass is 468 g/mol. The number of benzene rings is 2. The zero-order valence-corrected chi connectivity index (χ0v) is 19.6. The Morgan fingerprint density at radius 2 is 1.68 bits per heavy atom. The number of hydrogen-bond acceptors (Lipinski definition) is 4. The van der Waals surface area contributed by atoms with E-state index >= 15 is 0 Å². The lowest BCUT2D eigenvalue weighted by molar-refractivity contribution is -0.885. The fourth-order valence-corrected chi connectivity index (χ4v) is 3.25. The highest BCUT2D eigenvalue weighted by atomic mass is 35.5. The molecule has 0 aliphatic rings. The minimum absolute atomic E-state index is 0.0973. The van der Waals surface area contributed by atoms with Gasteiger partial charge in [0.1, 0.15) is 0 Å². The summed E-state index contributed by atoms with van der Waals surface area (Å²) in [6.45, 7) is 6.60. The summed E-state index contributed by atoms with van der Waals surface area (Å²) in [5.74, 6) is 0.703. The van der Waals surface area contributed by atoms with E-state index in [1.165, 1.54) is 0 Å². The maximum Gasteiger partial charge on any atom is 0.282 e. The number of carbonyl (C=O) groups excluding carboxylic acids is 2. The summed E-state index contributed by atoms with van der Waals surface area (Å²) in [6.07, 6.45) is 0. The second-order valence-corrected chi connectivity index (χ2v) is 7.78. The van der Waals surface area contributed by atoms with Gasteiger partial charge in [0.05, 0.1) is 31.0 Å². The van der Waals surface area contributed by atoms with E-state index in [2.05, 4.69) is 10.6 Å². The summed E-state index contributed by atoms with van der Waals surface area (Å²) in [4.78, 5) is 25.8. The van der Waals surface area contributed by atoms with E-state index in [1.54, 1.807) is 50.4 Å². The van der Waals surface area contributed by atoms with Crippen molar-refractivity contribution in [2.75, 3.05) is 37.4 Å². The summed E-state index contributed by atoms with van der Waals surface area (Å²) in [6, 6.07) is 9.58. The van der Waals surface area contributed by atoms with Crippen LogP contribution in [0.25, 0.3) is 0 Å². The molecule has 0 radical (unpaired) electrons. The van der Waals surface area contributed by atoms with Crippen LogP contribution in [0.1, 0.15) is 20.8 Å². The Hall–Kier alpha value is -2.48. The van der Waals surface area contributed by atoms with Crippen molar-refractivity contribution in [1.82, 2.24) is 0 Å². The Labute approximate surface area is 192 Å². The van der Waals surface area contributed by atoms with E-state index in [4.69, 9.17) is 32.7 Å². The first-order valence-electron chi connectivity index (χ1n) is 10.0. The molecule has 0 saturated carbocycles. The maximum atomic E-state index is 12.6. The number of hydrogen-bond donors (Lipinski definition) is 3. The number of likely N-dealkylation sites (N-methyl/N-ethyl adjacent to an activating group) is 1. The van der Waals surface area contributed by atoms with Crippen molar-refractivity contribution in [3.8, 4) is 11.5 Å². The number of nitrogens with one attached hydrogen (secondary N) is 3. The lowest BCUT2D eigenvalue weighted by Gasteiger charge is -2.21. The van der Waals surface area contributed by atoms with Gasteiger partial charge in [-0.15, -0.1) is 0 Å². The molecule has 2 atom stereocenters. The third-order valence-corrected chi connectivity index (χ3v) is 5.14. The highest BCUT2D eigenvalue weighted by Gasteiger charge is 2.24. The van der Waals surface area contributed by atoms with Gasteiger partial charge in [-0.3, -0.25) is 9.59 Å². The van der Waals surface area contributed by atoms with Crippen LogP contribution in [0.4, 0.5) is 11.4 Å². The average molecular weight is 469 g/mol. The Balaban J connectivity index is 1.96. The zero-order chi connectivity index (χ0) is 23.0. The largest absolute Gasteiger partial charge is 0.490 e. The number of carbonyl (C=O) groups is 2. The third kappa shape index (κ3) is 7.31. The second kappa shape index (κ2) is 11.8. The van der Waals surface area contributed by atoms with Crippen molar-refractivity contribution in [2.24, 2.45) is 0 Å². The highest BCUT2D eigenvalue weighted by Crippen LogP contribution is 2.30. The molecule has 2 aromatic rings. The second-order valence-electron chi connectivity index (χ2n) is 6.93. The average Bonchev–Trinajstić information content (AvgIpc) is 2.71. The van der Waals surface area contributed by atoms with Crippen molar-refractivity contribution in [3.05, 3.63) is 46.4 Å². The van der Waals surface area contributed by atoms with Gasteiger partial charge in [0.2, 0.25) is 0 Å². The van der Waals surface area contributed by atoms with Gasteiger partial charge in [-0.2, -0.15) is 0 Å². The summed E-state index contributed by atoms with van der Waals surface area (Å²) in [5, 5.41) is 6.44. The minimum atomic E-state index is -0.489. The van der Waals surface area contributed by atoms with Crippen LogP contribution in [0.5, 0.6) is 11.5 Å². The van der Waals surface area contributed by atoms with Crippen molar-refractivity contribution >= 4 is 46.4 Å². The van der Waals surface area contributed by atoms with Crippen molar-refractivity contribution < 1.29 is 24.0 Å². The molecule has 9 heteroatoms. The number of quaternary nitrogens is 1. The lowest BCUT2D eigenvalue weighted by Crippen LogP contribution is -3.14. The number of rotatable bonds is 10. The molecule has 7 nitrogen and oxygen atoms in total. The molecular weight excluding hydrogens is 441 g/mol. The fourth-order valence-electron chi connectivity index (χ4n) is 2.80. The van der Waals surface area contributed by atoms with Gasteiger partial charge in [-0.1, -0.05) is 23.2 Å². The van der Waals surface area contributed by atoms with Crippen LogP contribution in [0.15, 0.2) is 36.4 Å². The van der Waals surface area contributed by atoms with Crippen LogP contribution < -0.4 is 25.0 Å². The van der Waals surface area contributed by atoms with Crippen LogP contribution in [0.3, 0.4) is 0 Å². The molecule has 1 unspecified atom stereocenters. The van der Waals surface area contributed by atoms with Gasteiger partial charge in [0, 0.05) is 16.8 Å². The first-order valence-corrected chi connectivity index (χ1v) is 10.8. The Bertz CT molecular complexity index is 924. The summed E-state index contributed by atoms with van der Waals surface area (Å²) < 4.78 is 11.1. The van der Waals surface area contributed by atoms with Gasteiger partial charge < -0.3 is 25.0 Å². The first-order chi connectivity index (χ1) is 14.7. The molecule has 3 N–H and O–H groups in total. The van der Waals surface area contributed by atoms with Crippen LogP contribution in [0, 0.1) is 0 Å². The third-order valence-electron chi connectivity index (χ3n) is 4.59. The minimum Gasteiger partial charge on any atom is -0.490 e. The summed E-state index contributed by atoms with van der Waals surface area (Å²) in [5.41, 5.74) is 1.06. The van der Waals surface area contributed by atoms with Gasteiger partial charge in [0.25, 0.3) is 11.8 Å². The molecule has 0 saturated heterocycles. The molecule has 0 aromatic heterocycles. The predicted octanol–water partition coefficient (Wildman–Crippen LogP) is 3.27. The molecule has 168 valence electrons. The maximum absolute atomic E-state index is 12.6. The molecule has 2 amide bonds. The van der Waals surface area contributed by atoms with Gasteiger partial charge >= 0.3 is 0 Å². The Morgan fingerprint density at radius 3 is 2.32 bits per heavy atom. The molecule has 31 heavy (non-hydrogen) atoms. The molecular formula is C22H28Cl2N3O4+. The van der Waals surface area contributed by atoms with Crippen molar-refractivity contribution in [1.29, 1.82) is 0 Å². The molecule has 0 aliphatic heterocycles. The van der Waals surface area contributed by atoms with E-state index in [0.717, 1.165) is 4.90 Å². The SMILES string of the molecule is CCOc1ccc(NC(=O)C[NH+](C)[C@@H](C)C(=O)Nc2ccc(Cl)cc2Cl)cc1OCC. The van der Waals surface area contributed by atoms with Gasteiger partial charge in [0.15, 0.2) is 24.1 Å². The van der Waals surface area contributed by atoms with E-state index in [-0.39, 0.29) is 18.4 Å². The first kappa shape index (κ1) is 24.8. The molecule has 0 spiro atoms. The molecule has 0 heterocycles. The Morgan fingerprint density at radius 1 is 1.00 bits per heavy atom. The number of halogens is 2. The molecule has 0 aliphatic carbocycles. The zero-order valence-electron chi connectivity index (χ0n) is 18.1. The molecule has 2 aromatic carbocycles. The van der Waals surface area contributed by atoms with Crippen LogP contribution >= 0.6 is 23.2 Å². The molecule has 0 bridgehead atoms. The van der Waals surface area contributed by atoms with Gasteiger partial charge in [-0.25, -0.2) is 0 Å². The molecule has 2 rings (SSSR count). The number of ether oxygens (including phenoxy) is 2. The Kier molecular flexibility index (Phi) is 9.43. The smallest absolute Gasteiger partial charge is 0.282 e. The van der Waals surface area contributed by atoms with Crippen molar-refractivity contribution in [2.45, 2.75) is 26.8 Å². The summed E-state index contributed by atoms with van der Waals surface area (Å²) >= 11 is 12.0. The normalized spacial score (nSPS) is 12.6. The van der Waals surface area contributed by atoms with E-state index < -0.39 is 6.04 Å². The molecule has 0 fully saturated rings. The number of anilines is 2. The summed E-state index contributed by atoms with van der Waals surface area (Å²) in [7, 11) is 1.77. The fraction of sp³-hybridized carbons (Fsp3) is 0.364. The standard InChI is InChI=1S/C22H27Cl2N3O4/c1-5-30-19-10-8-16(12-20(19)31-6-2)25-21(28)13-27(4)14(3)22(29)26-18-9-7-15(23)11-17(18)24/h7-12,14H,5-6,13H2,1-4H3,(H,25,28)(H,26,29)/p+1/t14-/m0/s1. The quantitative estimate of drug-likeness (QED) is 0.499. The highest BCUT2D eigenvalue weighted by molar-refractivity contribution is 6.36.